The fourth-order valence-corrected chi connectivity index (χ4v) is 4.19. The van der Waals surface area contributed by atoms with Crippen molar-refractivity contribution in [2.75, 3.05) is 33.3 Å². The quantitative estimate of drug-likeness (QED) is 0.837. The van der Waals surface area contributed by atoms with Crippen LogP contribution >= 0.6 is 0 Å². The number of carbonyl (C=O) groups excluding carboxylic acids is 1. The maximum Gasteiger partial charge on any atom is 0.230 e. The molecule has 2 heterocycles. The van der Waals surface area contributed by atoms with Crippen LogP contribution in [-0.4, -0.2) is 49.0 Å². The molecule has 0 aromatic heterocycles. The molecule has 1 amide bonds. The van der Waals surface area contributed by atoms with Crippen molar-refractivity contribution in [2.45, 2.75) is 32.2 Å². The summed E-state index contributed by atoms with van der Waals surface area (Å²) in [7, 11) is 1.68. The maximum absolute atomic E-state index is 13.0. The smallest absolute Gasteiger partial charge is 0.230 e. The van der Waals surface area contributed by atoms with E-state index >= 15 is 0 Å². The SMILES string of the molecule is COc1cccc(CN2CC[C@@]3(CCN(CC4CC4)C3)C2=O)c1. The normalized spacial score (nSPS) is 28.0. The van der Waals surface area contributed by atoms with Crippen molar-refractivity contribution < 1.29 is 9.53 Å². The van der Waals surface area contributed by atoms with Crippen LogP contribution < -0.4 is 4.74 Å². The van der Waals surface area contributed by atoms with Gasteiger partial charge in [0.1, 0.15) is 5.75 Å². The highest BCUT2D eigenvalue weighted by Gasteiger charge is 2.50. The first-order valence-electron chi connectivity index (χ1n) is 8.83. The number of ether oxygens (including phenoxy) is 1. The first-order chi connectivity index (χ1) is 11.2. The molecule has 2 aliphatic heterocycles. The number of likely N-dealkylation sites (tertiary alicyclic amines) is 2. The number of benzene rings is 1. The molecule has 0 bridgehead atoms. The lowest BCUT2D eigenvalue weighted by Crippen LogP contribution is -2.37. The van der Waals surface area contributed by atoms with Gasteiger partial charge in [0.05, 0.1) is 12.5 Å². The summed E-state index contributed by atoms with van der Waals surface area (Å²) in [6.45, 7) is 4.91. The zero-order valence-corrected chi connectivity index (χ0v) is 14.0. The summed E-state index contributed by atoms with van der Waals surface area (Å²) in [4.78, 5) is 17.6. The highest BCUT2D eigenvalue weighted by molar-refractivity contribution is 5.85. The van der Waals surface area contributed by atoms with Gasteiger partial charge in [0.15, 0.2) is 0 Å². The van der Waals surface area contributed by atoms with E-state index < -0.39 is 0 Å². The Morgan fingerprint density at radius 1 is 1.26 bits per heavy atom. The summed E-state index contributed by atoms with van der Waals surface area (Å²) in [6.07, 6.45) is 4.85. The molecule has 124 valence electrons. The van der Waals surface area contributed by atoms with Gasteiger partial charge in [0.2, 0.25) is 5.91 Å². The Kier molecular flexibility index (Phi) is 3.80. The third kappa shape index (κ3) is 2.97. The monoisotopic (exact) mass is 314 g/mol. The van der Waals surface area contributed by atoms with Crippen LogP contribution in [0.3, 0.4) is 0 Å². The molecule has 0 unspecified atom stereocenters. The fraction of sp³-hybridized carbons (Fsp3) is 0.632. The van der Waals surface area contributed by atoms with Crippen LogP contribution in [0.25, 0.3) is 0 Å². The number of hydrogen-bond acceptors (Lipinski definition) is 3. The number of amides is 1. The van der Waals surface area contributed by atoms with E-state index in [0.717, 1.165) is 49.7 Å². The lowest BCUT2D eigenvalue weighted by Gasteiger charge is -2.24. The van der Waals surface area contributed by atoms with Crippen molar-refractivity contribution in [3.05, 3.63) is 29.8 Å². The predicted octanol–water partition coefficient (Wildman–Crippen LogP) is 2.53. The van der Waals surface area contributed by atoms with Gasteiger partial charge in [0, 0.05) is 26.2 Å². The van der Waals surface area contributed by atoms with E-state index in [1.54, 1.807) is 7.11 Å². The van der Waals surface area contributed by atoms with Crippen LogP contribution in [0.15, 0.2) is 24.3 Å². The van der Waals surface area contributed by atoms with E-state index in [9.17, 15) is 4.79 Å². The average molecular weight is 314 g/mol. The molecular weight excluding hydrogens is 288 g/mol. The minimum absolute atomic E-state index is 0.0895. The van der Waals surface area contributed by atoms with E-state index in [2.05, 4.69) is 15.9 Å². The molecule has 1 saturated carbocycles. The lowest BCUT2D eigenvalue weighted by atomic mass is 9.85. The van der Waals surface area contributed by atoms with Gasteiger partial charge in [-0.3, -0.25) is 4.79 Å². The first-order valence-corrected chi connectivity index (χ1v) is 8.83. The molecule has 1 aliphatic carbocycles. The van der Waals surface area contributed by atoms with Crippen LogP contribution in [0, 0.1) is 11.3 Å². The van der Waals surface area contributed by atoms with Gasteiger partial charge in [-0.2, -0.15) is 0 Å². The Morgan fingerprint density at radius 3 is 2.87 bits per heavy atom. The second-order valence-electron chi connectivity index (χ2n) is 7.54. The van der Waals surface area contributed by atoms with Gasteiger partial charge < -0.3 is 14.5 Å². The van der Waals surface area contributed by atoms with Crippen LogP contribution in [0.4, 0.5) is 0 Å². The topological polar surface area (TPSA) is 32.8 Å². The molecule has 0 N–H and O–H groups in total. The number of carbonyl (C=O) groups is 1. The number of rotatable bonds is 5. The molecule has 4 rings (SSSR count). The van der Waals surface area contributed by atoms with E-state index in [1.807, 2.05) is 18.2 Å². The van der Waals surface area contributed by atoms with Crippen molar-refractivity contribution in [3.63, 3.8) is 0 Å². The summed E-state index contributed by atoms with van der Waals surface area (Å²) in [5.74, 6) is 2.15. The molecule has 1 spiro atoms. The summed E-state index contributed by atoms with van der Waals surface area (Å²) in [6, 6.07) is 8.06. The third-order valence-corrected chi connectivity index (χ3v) is 5.75. The molecule has 3 fully saturated rings. The van der Waals surface area contributed by atoms with E-state index in [0.29, 0.717) is 12.5 Å². The summed E-state index contributed by atoms with van der Waals surface area (Å²) in [5.41, 5.74) is 1.07. The molecule has 4 heteroatoms. The van der Waals surface area contributed by atoms with Crippen molar-refractivity contribution in [1.82, 2.24) is 9.80 Å². The fourth-order valence-electron chi connectivity index (χ4n) is 4.19. The van der Waals surface area contributed by atoms with Crippen LogP contribution in [0.2, 0.25) is 0 Å². The second-order valence-corrected chi connectivity index (χ2v) is 7.54. The summed E-state index contributed by atoms with van der Waals surface area (Å²) in [5, 5.41) is 0. The highest BCUT2D eigenvalue weighted by atomic mass is 16.5. The Labute approximate surface area is 138 Å². The van der Waals surface area contributed by atoms with Crippen molar-refractivity contribution in [1.29, 1.82) is 0 Å². The van der Waals surface area contributed by atoms with Crippen LogP contribution in [-0.2, 0) is 11.3 Å². The zero-order valence-electron chi connectivity index (χ0n) is 14.0. The third-order valence-electron chi connectivity index (χ3n) is 5.75. The first kappa shape index (κ1) is 15.0. The number of methoxy groups -OCH3 is 1. The van der Waals surface area contributed by atoms with Crippen LogP contribution in [0.1, 0.15) is 31.2 Å². The zero-order chi connectivity index (χ0) is 15.9. The van der Waals surface area contributed by atoms with E-state index in [4.69, 9.17) is 4.74 Å². The average Bonchev–Trinajstić information content (AvgIpc) is 3.22. The molecule has 1 aromatic rings. The summed E-state index contributed by atoms with van der Waals surface area (Å²) >= 11 is 0. The largest absolute Gasteiger partial charge is 0.497 e. The molecule has 0 radical (unpaired) electrons. The van der Waals surface area contributed by atoms with Gasteiger partial charge in [-0.15, -0.1) is 0 Å². The van der Waals surface area contributed by atoms with Crippen molar-refractivity contribution in [3.8, 4) is 5.75 Å². The Morgan fingerprint density at radius 2 is 2.09 bits per heavy atom. The van der Waals surface area contributed by atoms with Crippen molar-refractivity contribution in [2.24, 2.45) is 11.3 Å². The number of nitrogens with zero attached hydrogens (tertiary/aromatic N) is 2. The second kappa shape index (κ2) is 5.82. The molecule has 4 nitrogen and oxygen atoms in total. The highest BCUT2D eigenvalue weighted by Crippen LogP contribution is 2.42. The van der Waals surface area contributed by atoms with Gasteiger partial charge in [-0.1, -0.05) is 12.1 Å². The summed E-state index contributed by atoms with van der Waals surface area (Å²) < 4.78 is 5.29. The minimum Gasteiger partial charge on any atom is -0.497 e. The lowest BCUT2D eigenvalue weighted by molar-refractivity contribution is -0.136. The van der Waals surface area contributed by atoms with Gasteiger partial charge in [-0.25, -0.2) is 0 Å². The molecule has 3 aliphatic rings. The maximum atomic E-state index is 13.0. The Hall–Kier alpha value is -1.55. The standard InChI is InChI=1S/C19H26N2O2/c1-23-17-4-2-3-16(11-17)13-21-10-8-19(18(21)22)7-9-20(14-19)12-15-5-6-15/h2-4,11,15H,5-10,12-14H2,1H3/t19-/m1/s1. The molecule has 23 heavy (non-hydrogen) atoms. The van der Waals surface area contributed by atoms with Gasteiger partial charge in [0.25, 0.3) is 0 Å². The van der Waals surface area contributed by atoms with Gasteiger partial charge in [-0.05, 0) is 55.8 Å². The Bertz CT molecular complexity index is 599. The van der Waals surface area contributed by atoms with Crippen LogP contribution in [0.5, 0.6) is 5.75 Å². The van der Waals surface area contributed by atoms with E-state index in [-0.39, 0.29) is 5.41 Å². The molecule has 1 atom stereocenters. The Balaban J connectivity index is 1.41. The minimum atomic E-state index is -0.0895. The molecular formula is C19H26N2O2. The van der Waals surface area contributed by atoms with Crippen molar-refractivity contribution >= 4 is 5.91 Å². The van der Waals surface area contributed by atoms with Gasteiger partial charge >= 0.3 is 0 Å². The number of hydrogen-bond donors (Lipinski definition) is 0. The van der Waals surface area contributed by atoms with E-state index in [1.165, 1.54) is 19.4 Å². The molecule has 2 saturated heterocycles. The predicted molar refractivity (Wildman–Crippen MR) is 89.2 cm³/mol. The molecule has 1 aromatic carbocycles.